The molecule has 21 heavy (non-hydrogen) atoms. The Morgan fingerprint density at radius 2 is 1.71 bits per heavy atom. The van der Waals surface area contributed by atoms with Gasteiger partial charge in [-0.15, -0.1) is 0 Å². The van der Waals surface area contributed by atoms with Crippen LogP contribution in [-0.4, -0.2) is 25.2 Å². The van der Waals surface area contributed by atoms with Crippen LogP contribution in [0.15, 0.2) is 17.6 Å². The van der Waals surface area contributed by atoms with Gasteiger partial charge < -0.3 is 4.74 Å². The van der Waals surface area contributed by atoms with Crippen LogP contribution in [0.1, 0.15) is 64.7 Å². The van der Waals surface area contributed by atoms with E-state index in [-0.39, 0.29) is 5.97 Å². The zero-order valence-corrected chi connectivity index (χ0v) is 13.3. The zero-order chi connectivity index (χ0) is 15.8. The van der Waals surface area contributed by atoms with Gasteiger partial charge in [0.05, 0.1) is 13.2 Å². The van der Waals surface area contributed by atoms with Crippen LogP contribution in [0, 0.1) is 5.92 Å². The van der Waals surface area contributed by atoms with Gasteiger partial charge in [-0.3, -0.25) is 0 Å². The van der Waals surface area contributed by atoms with Gasteiger partial charge >= 0.3 is 5.97 Å². The molecule has 0 spiro atoms. The van der Waals surface area contributed by atoms with Crippen molar-refractivity contribution in [1.82, 2.24) is 0 Å². The Hall–Kier alpha value is -1.41. The molecule has 0 aliphatic heterocycles. The topological polar surface area (TPSA) is 55.7 Å². The lowest BCUT2D eigenvalue weighted by atomic mass is 10.0. The maximum Gasteiger partial charge on any atom is 0.330 e. The van der Waals surface area contributed by atoms with Gasteiger partial charge in [-0.25, -0.2) is 14.6 Å². The smallest absolute Gasteiger partial charge is 0.330 e. The fourth-order valence-electron chi connectivity index (χ4n) is 2.16. The number of esters is 1. The van der Waals surface area contributed by atoms with Gasteiger partial charge in [0, 0.05) is 6.08 Å². The highest BCUT2D eigenvalue weighted by molar-refractivity contribution is 5.81. The molecule has 0 fully saturated rings. The molecule has 0 heterocycles. The lowest BCUT2D eigenvalue weighted by Crippen LogP contribution is -2.09. The number of rotatable bonds is 14. The Kier molecular flexibility index (Phi) is 14.0. The first-order valence-electron chi connectivity index (χ1n) is 8.03. The SMILES string of the molecule is C=CC(=O)OCC(C)CCCCCCCCCCN=C=O. The molecule has 0 bridgehead atoms. The predicted molar refractivity (Wildman–Crippen MR) is 84.9 cm³/mol. The first-order valence-corrected chi connectivity index (χ1v) is 8.03. The summed E-state index contributed by atoms with van der Waals surface area (Å²) in [7, 11) is 0. The third kappa shape index (κ3) is 14.8. The van der Waals surface area contributed by atoms with E-state index in [9.17, 15) is 9.59 Å². The number of ether oxygens (including phenoxy) is 1. The minimum atomic E-state index is -0.333. The van der Waals surface area contributed by atoms with Crippen molar-refractivity contribution in [3.05, 3.63) is 12.7 Å². The third-order valence-electron chi connectivity index (χ3n) is 3.46. The maximum absolute atomic E-state index is 10.9. The fourth-order valence-corrected chi connectivity index (χ4v) is 2.16. The second-order valence-electron chi connectivity index (χ2n) is 5.53. The quantitative estimate of drug-likeness (QED) is 0.159. The summed E-state index contributed by atoms with van der Waals surface area (Å²) in [4.78, 5) is 24.3. The van der Waals surface area contributed by atoms with Crippen LogP contribution in [0.4, 0.5) is 0 Å². The number of carbonyl (C=O) groups excluding carboxylic acids is 2. The number of hydrogen-bond acceptors (Lipinski definition) is 4. The summed E-state index contributed by atoms with van der Waals surface area (Å²) in [6.45, 7) is 6.60. The van der Waals surface area contributed by atoms with Crippen molar-refractivity contribution in [2.24, 2.45) is 10.9 Å². The summed E-state index contributed by atoms with van der Waals surface area (Å²) >= 11 is 0. The molecule has 4 nitrogen and oxygen atoms in total. The Labute approximate surface area is 128 Å². The van der Waals surface area contributed by atoms with E-state index < -0.39 is 0 Å². The Balaban J connectivity index is 3.22. The van der Waals surface area contributed by atoms with E-state index in [1.54, 1.807) is 6.08 Å². The van der Waals surface area contributed by atoms with Crippen molar-refractivity contribution in [3.63, 3.8) is 0 Å². The van der Waals surface area contributed by atoms with Gasteiger partial charge in [-0.05, 0) is 18.8 Å². The molecule has 4 heteroatoms. The van der Waals surface area contributed by atoms with Gasteiger partial charge in [0.15, 0.2) is 0 Å². The highest BCUT2D eigenvalue weighted by atomic mass is 16.5. The monoisotopic (exact) mass is 295 g/mol. The van der Waals surface area contributed by atoms with Gasteiger partial charge in [0.2, 0.25) is 6.08 Å². The molecule has 0 N–H and O–H groups in total. The number of unbranched alkanes of at least 4 members (excludes halogenated alkanes) is 7. The predicted octanol–water partition coefficient (Wildman–Crippen LogP) is 4.20. The van der Waals surface area contributed by atoms with Crippen molar-refractivity contribution in [2.45, 2.75) is 64.7 Å². The second-order valence-corrected chi connectivity index (χ2v) is 5.53. The van der Waals surface area contributed by atoms with E-state index in [0.717, 1.165) is 19.3 Å². The number of aliphatic imine (C=N–C) groups is 1. The zero-order valence-electron chi connectivity index (χ0n) is 13.3. The molecule has 0 aliphatic carbocycles. The van der Waals surface area contributed by atoms with Gasteiger partial charge in [-0.1, -0.05) is 58.4 Å². The van der Waals surface area contributed by atoms with Gasteiger partial charge in [-0.2, -0.15) is 0 Å². The van der Waals surface area contributed by atoms with Crippen LogP contribution in [0.3, 0.4) is 0 Å². The van der Waals surface area contributed by atoms with Crippen LogP contribution >= 0.6 is 0 Å². The van der Waals surface area contributed by atoms with E-state index in [0.29, 0.717) is 19.1 Å². The molecule has 1 unspecified atom stereocenters. The lowest BCUT2D eigenvalue weighted by molar-refractivity contribution is -0.139. The maximum atomic E-state index is 10.9. The Morgan fingerprint density at radius 3 is 2.29 bits per heavy atom. The van der Waals surface area contributed by atoms with E-state index in [1.807, 2.05) is 0 Å². The average molecular weight is 295 g/mol. The third-order valence-corrected chi connectivity index (χ3v) is 3.46. The van der Waals surface area contributed by atoms with Crippen molar-refractivity contribution < 1.29 is 14.3 Å². The minimum absolute atomic E-state index is 0.333. The normalized spacial score (nSPS) is 11.5. The molecule has 1 atom stereocenters. The molecule has 0 aromatic carbocycles. The highest BCUT2D eigenvalue weighted by Gasteiger charge is 2.04. The molecular weight excluding hydrogens is 266 g/mol. The van der Waals surface area contributed by atoms with Crippen LogP contribution in [0.2, 0.25) is 0 Å². The van der Waals surface area contributed by atoms with Crippen molar-refractivity contribution in [3.8, 4) is 0 Å². The van der Waals surface area contributed by atoms with E-state index >= 15 is 0 Å². The molecule has 0 aromatic heterocycles. The van der Waals surface area contributed by atoms with Gasteiger partial charge in [0.1, 0.15) is 0 Å². The Bertz CT molecular complexity index is 322. The van der Waals surface area contributed by atoms with Crippen molar-refractivity contribution in [2.75, 3.05) is 13.2 Å². The molecular formula is C17H29NO3. The number of isocyanates is 1. The summed E-state index contributed by atoms with van der Waals surface area (Å²) in [6, 6.07) is 0. The summed E-state index contributed by atoms with van der Waals surface area (Å²) < 4.78 is 5.01. The van der Waals surface area contributed by atoms with Crippen LogP contribution in [-0.2, 0) is 14.3 Å². The standard InChI is InChI=1S/C17H29NO3/c1-3-17(20)21-14-16(2)12-10-8-6-4-5-7-9-11-13-18-15-19/h3,16H,1,4-14H2,2H3. The van der Waals surface area contributed by atoms with Crippen molar-refractivity contribution >= 4 is 12.0 Å². The summed E-state index contributed by atoms with van der Waals surface area (Å²) in [5.41, 5.74) is 0. The first kappa shape index (κ1) is 19.6. The summed E-state index contributed by atoms with van der Waals surface area (Å²) in [6.07, 6.45) is 13.5. The molecule has 0 rings (SSSR count). The summed E-state index contributed by atoms with van der Waals surface area (Å²) in [5.74, 6) is 0.0907. The second kappa shape index (κ2) is 15.0. The number of carbonyl (C=O) groups is 1. The molecule has 120 valence electrons. The van der Waals surface area contributed by atoms with Crippen molar-refractivity contribution in [1.29, 1.82) is 0 Å². The molecule has 0 aromatic rings. The Morgan fingerprint density at radius 1 is 1.14 bits per heavy atom. The minimum Gasteiger partial charge on any atom is -0.462 e. The fraction of sp³-hybridized carbons (Fsp3) is 0.765. The molecule has 0 saturated carbocycles. The molecule has 0 aliphatic rings. The highest BCUT2D eigenvalue weighted by Crippen LogP contribution is 2.13. The van der Waals surface area contributed by atoms with E-state index in [4.69, 9.17) is 4.74 Å². The number of hydrogen-bond donors (Lipinski definition) is 0. The van der Waals surface area contributed by atoms with Crippen LogP contribution < -0.4 is 0 Å². The molecule has 0 radical (unpaired) electrons. The van der Waals surface area contributed by atoms with Crippen LogP contribution in [0.5, 0.6) is 0 Å². The lowest BCUT2D eigenvalue weighted by Gasteiger charge is -2.10. The first-order chi connectivity index (χ1) is 10.2. The largest absolute Gasteiger partial charge is 0.462 e. The number of nitrogens with zero attached hydrogens (tertiary/aromatic N) is 1. The van der Waals surface area contributed by atoms with Crippen LogP contribution in [0.25, 0.3) is 0 Å². The molecule has 0 saturated heterocycles. The van der Waals surface area contributed by atoms with E-state index in [1.165, 1.54) is 44.6 Å². The van der Waals surface area contributed by atoms with Gasteiger partial charge in [0.25, 0.3) is 0 Å². The average Bonchev–Trinajstić information content (AvgIpc) is 2.50. The van der Waals surface area contributed by atoms with E-state index in [2.05, 4.69) is 18.5 Å². The molecule has 0 amide bonds. The summed E-state index contributed by atoms with van der Waals surface area (Å²) in [5, 5.41) is 0.